The Morgan fingerprint density at radius 2 is 1.93 bits per heavy atom. The minimum absolute atomic E-state index is 0.0575. The van der Waals surface area contributed by atoms with Crippen LogP contribution < -0.4 is 15.0 Å². The molecule has 0 aromatic carbocycles. The van der Waals surface area contributed by atoms with Gasteiger partial charge in [0.25, 0.3) is 0 Å². The van der Waals surface area contributed by atoms with Crippen molar-refractivity contribution in [3.05, 3.63) is 22.4 Å². The monoisotopic (exact) mass is 413 g/mol. The number of rotatable bonds is 6. The molecule has 0 spiro atoms. The number of aromatic nitrogens is 1. The number of piperidine rings is 1. The van der Waals surface area contributed by atoms with Gasteiger partial charge in [-0.2, -0.15) is 10.5 Å². The van der Waals surface area contributed by atoms with Gasteiger partial charge < -0.3 is 19.9 Å². The van der Waals surface area contributed by atoms with Crippen LogP contribution in [0.2, 0.25) is 0 Å². The lowest BCUT2D eigenvalue weighted by atomic mass is 10.0. The summed E-state index contributed by atoms with van der Waals surface area (Å²) in [6.45, 7) is 1.16. The molecule has 158 valence electrons. The molecule has 11 nitrogen and oxygen atoms in total. The summed E-state index contributed by atoms with van der Waals surface area (Å²) in [6.07, 6.45) is 3.86. The van der Waals surface area contributed by atoms with E-state index in [1.165, 1.54) is 24.3 Å². The number of carbonyl (C=O) groups is 1. The minimum Gasteiger partial charge on any atom is -0.495 e. The molecule has 1 aromatic heterocycles. The van der Waals surface area contributed by atoms with E-state index >= 15 is 0 Å². The highest BCUT2D eigenvalue weighted by Crippen LogP contribution is 2.31. The zero-order valence-electron chi connectivity index (χ0n) is 16.7. The predicted octanol–water partition coefficient (Wildman–Crippen LogP) is 0.964. The second kappa shape index (κ2) is 9.37. The number of ether oxygens (including phenoxy) is 1. The maximum Gasteiger partial charge on any atom is 0.315 e. The summed E-state index contributed by atoms with van der Waals surface area (Å²) in [7, 11) is 1.43. The number of anilines is 1. The standard InChI is InChI=1S/C19H23N7O4/c1-30-16-8-17(26(28)29)19(23-11-16)24-6-4-13(5-7-24)22-12-18(27)25-14(9-20)2-3-15(25)10-21/h8,11,13-15,22H,2-7,12H2,1H3/t14-,15+. The van der Waals surface area contributed by atoms with Crippen LogP contribution in [0.25, 0.3) is 0 Å². The fourth-order valence-corrected chi connectivity index (χ4v) is 3.95. The quantitative estimate of drug-likeness (QED) is 0.531. The molecule has 0 unspecified atom stereocenters. The Labute approximate surface area is 174 Å². The molecule has 0 aliphatic carbocycles. The third-order valence-corrected chi connectivity index (χ3v) is 5.56. The van der Waals surface area contributed by atoms with Gasteiger partial charge in [0.2, 0.25) is 11.7 Å². The summed E-state index contributed by atoms with van der Waals surface area (Å²) in [6, 6.07) is 4.51. The third-order valence-electron chi connectivity index (χ3n) is 5.56. The maximum absolute atomic E-state index is 12.5. The normalized spacial score (nSPS) is 21.7. The number of likely N-dealkylation sites (tertiary alicyclic amines) is 1. The average molecular weight is 413 g/mol. The average Bonchev–Trinajstić information content (AvgIpc) is 3.20. The molecule has 1 aromatic rings. The highest BCUT2D eigenvalue weighted by atomic mass is 16.6. The Morgan fingerprint density at radius 3 is 2.47 bits per heavy atom. The lowest BCUT2D eigenvalue weighted by Crippen LogP contribution is -2.49. The van der Waals surface area contributed by atoms with Gasteiger partial charge in [-0.3, -0.25) is 14.9 Å². The molecular formula is C19H23N7O4. The van der Waals surface area contributed by atoms with Crippen LogP contribution in [-0.4, -0.2) is 65.6 Å². The Bertz CT molecular complexity index is 864. The summed E-state index contributed by atoms with van der Waals surface area (Å²) in [4.78, 5) is 30.9. The third kappa shape index (κ3) is 4.42. The number of methoxy groups -OCH3 is 1. The summed E-state index contributed by atoms with van der Waals surface area (Å²) in [5.74, 6) is 0.385. The number of nitriles is 2. The van der Waals surface area contributed by atoms with Crippen LogP contribution in [0.1, 0.15) is 25.7 Å². The molecule has 0 radical (unpaired) electrons. The lowest BCUT2D eigenvalue weighted by Gasteiger charge is -2.33. The van der Waals surface area contributed by atoms with E-state index in [1.54, 1.807) is 0 Å². The Balaban J connectivity index is 1.55. The summed E-state index contributed by atoms with van der Waals surface area (Å²) in [5.41, 5.74) is -0.102. The highest BCUT2D eigenvalue weighted by molar-refractivity contribution is 5.80. The van der Waals surface area contributed by atoms with E-state index in [4.69, 9.17) is 4.74 Å². The molecule has 2 atom stereocenters. The first-order chi connectivity index (χ1) is 14.5. The van der Waals surface area contributed by atoms with Gasteiger partial charge in [-0.25, -0.2) is 4.98 Å². The first kappa shape index (κ1) is 21.3. The number of hydrogen-bond acceptors (Lipinski definition) is 9. The molecule has 0 bridgehead atoms. The topological polar surface area (TPSA) is 148 Å². The number of nitro groups is 1. The number of hydrogen-bond donors (Lipinski definition) is 1. The van der Waals surface area contributed by atoms with Crippen molar-refractivity contribution in [1.29, 1.82) is 10.5 Å². The summed E-state index contributed by atoms with van der Waals surface area (Å²) < 4.78 is 5.02. The molecule has 2 saturated heterocycles. The van der Waals surface area contributed by atoms with Crippen molar-refractivity contribution in [2.75, 3.05) is 31.6 Å². The maximum atomic E-state index is 12.5. The van der Waals surface area contributed by atoms with Gasteiger partial charge in [-0.1, -0.05) is 0 Å². The summed E-state index contributed by atoms with van der Waals surface area (Å²) >= 11 is 0. The van der Waals surface area contributed by atoms with Crippen molar-refractivity contribution < 1.29 is 14.5 Å². The second-order valence-electron chi connectivity index (χ2n) is 7.29. The Kier molecular flexibility index (Phi) is 6.65. The largest absolute Gasteiger partial charge is 0.495 e. The van der Waals surface area contributed by atoms with Gasteiger partial charge in [-0.15, -0.1) is 0 Å². The van der Waals surface area contributed by atoms with Crippen LogP contribution in [0.4, 0.5) is 11.5 Å². The smallest absolute Gasteiger partial charge is 0.315 e. The van der Waals surface area contributed by atoms with Crippen LogP contribution in [0.5, 0.6) is 5.75 Å². The van der Waals surface area contributed by atoms with Crippen molar-refractivity contribution >= 4 is 17.4 Å². The number of carbonyl (C=O) groups excluding carboxylic acids is 1. The molecule has 0 saturated carbocycles. The van der Waals surface area contributed by atoms with E-state index in [1.807, 2.05) is 4.90 Å². The Morgan fingerprint density at radius 1 is 1.30 bits per heavy atom. The van der Waals surface area contributed by atoms with Crippen LogP contribution >= 0.6 is 0 Å². The fourth-order valence-electron chi connectivity index (χ4n) is 3.95. The lowest BCUT2D eigenvalue weighted by molar-refractivity contribution is -0.384. The van der Waals surface area contributed by atoms with Crippen LogP contribution in [0, 0.1) is 32.8 Å². The van der Waals surface area contributed by atoms with Gasteiger partial charge in [0.05, 0.1) is 43.0 Å². The van der Waals surface area contributed by atoms with Crippen molar-refractivity contribution in [2.24, 2.45) is 0 Å². The van der Waals surface area contributed by atoms with Gasteiger partial charge in [0.15, 0.2) is 0 Å². The second-order valence-corrected chi connectivity index (χ2v) is 7.29. The molecule has 1 N–H and O–H groups in total. The van der Waals surface area contributed by atoms with Gasteiger partial charge in [-0.05, 0) is 25.7 Å². The van der Waals surface area contributed by atoms with Crippen molar-refractivity contribution in [3.63, 3.8) is 0 Å². The number of amides is 1. The molecule has 11 heteroatoms. The molecule has 3 rings (SSSR count). The molecule has 2 fully saturated rings. The van der Waals surface area contributed by atoms with E-state index in [0.717, 1.165) is 0 Å². The van der Waals surface area contributed by atoms with E-state index in [9.17, 15) is 25.4 Å². The number of pyridine rings is 1. The molecule has 2 aliphatic rings. The predicted molar refractivity (Wildman–Crippen MR) is 106 cm³/mol. The SMILES string of the molecule is COc1cnc(N2CCC(NCC(=O)N3[C@H](C#N)CC[C@@H]3C#N)CC2)c([N+](=O)[O-])c1. The van der Waals surface area contributed by atoms with Crippen LogP contribution in [0.3, 0.4) is 0 Å². The van der Waals surface area contributed by atoms with Crippen molar-refractivity contribution in [1.82, 2.24) is 15.2 Å². The fraction of sp³-hybridized carbons (Fsp3) is 0.579. The summed E-state index contributed by atoms with van der Waals surface area (Å²) in [5, 5.41) is 33.0. The molecule has 1 amide bonds. The van der Waals surface area contributed by atoms with E-state index in [2.05, 4.69) is 22.4 Å². The Hall–Kier alpha value is -3.44. The highest BCUT2D eigenvalue weighted by Gasteiger charge is 2.37. The first-order valence-corrected chi connectivity index (χ1v) is 9.75. The number of nitrogens with zero attached hydrogens (tertiary/aromatic N) is 6. The molecule has 3 heterocycles. The van der Waals surface area contributed by atoms with Crippen LogP contribution in [-0.2, 0) is 4.79 Å². The molecular weight excluding hydrogens is 390 g/mol. The zero-order chi connectivity index (χ0) is 21.7. The van der Waals surface area contributed by atoms with Crippen molar-refractivity contribution in [3.8, 4) is 17.9 Å². The number of nitrogens with one attached hydrogen (secondary N) is 1. The van der Waals surface area contributed by atoms with E-state index in [-0.39, 0.29) is 24.2 Å². The van der Waals surface area contributed by atoms with Crippen molar-refractivity contribution in [2.45, 2.75) is 43.8 Å². The minimum atomic E-state index is -0.549. The van der Waals surface area contributed by atoms with Gasteiger partial charge in [0, 0.05) is 19.1 Å². The van der Waals surface area contributed by atoms with Gasteiger partial charge in [0.1, 0.15) is 17.8 Å². The van der Waals surface area contributed by atoms with E-state index in [0.29, 0.717) is 50.3 Å². The zero-order valence-corrected chi connectivity index (χ0v) is 16.7. The van der Waals surface area contributed by atoms with Crippen LogP contribution in [0.15, 0.2) is 12.3 Å². The molecule has 2 aliphatic heterocycles. The van der Waals surface area contributed by atoms with Gasteiger partial charge >= 0.3 is 5.69 Å². The molecule has 30 heavy (non-hydrogen) atoms. The first-order valence-electron chi connectivity index (χ1n) is 9.75. The van der Waals surface area contributed by atoms with E-state index < -0.39 is 17.0 Å².